The lowest BCUT2D eigenvalue weighted by molar-refractivity contribution is -0.132. The van der Waals surface area contributed by atoms with E-state index >= 15 is 0 Å². The molecule has 3 aromatic carbocycles. The lowest BCUT2D eigenvalue weighted by atomic mass is 9.97. The van der Waals surface area contributed by atoms with Crippen molar-refractivity contribution in [3.8, 4) is 5.75 Å². The molecule has 1 atom stereocenters. The van der Waals surface area contributed by atoms with Crippen molar-refractivity contribution < 1.29 is 23.8 Å². The SMILES string of the molecule is CCCOc1cccc(N2C(=O)C(=O)/C(=C(\O)c3ccc4ccccc4c3)C2c2ccco2)c1. The molecule has 1 aliphatic heterocycles. The first-order valence-corrected chi connectivity index (χ1v) is 11.1. The van der Waals surface area contributed by atoms with Gasteiger partial charge in [0.15, 0.2) is 0 Å². The summed E-state index contributed by atoms with van der Waals surface area (Å²) in [7, 11) is 0. The molecule has 5 rings (SSSR count). The highest BCUT2D eigenvalue weighted by Crippen LogP contribution is 2.43. The number of Topliss-reactive ketones (excluding diaryl/α,β-unsaturated/α-hetero) is 1. The summed E-state index contributed by atoms with van der Waals surface area (Å²) in [6.07, 6.45) is 2.32. The van der Waals surface area contributed by atoms with Gasteiger partial charge >= 0.3 is 0 Å². The minimum Gasteiger partial charge on any atom is -0.507 e. The summed E-state index contributed by atoms with van der Waals surface area (Å²) < 4.78 is 11.3. The second-order valence-electron chi connectivity index (χ2n) is 8.09. The van der Waals surface area contributed by atoms with Crippen molar-refractivity contribution in [2.75, 3.05) is 11.5 Å². The molecule has 0 radical (unpaired) electrons. The first-order chi connectivity index (χ1) is 16.6. The average Bonchev–Trinajstić information content (AvgIpc) is 3.49. The molecule has 34 heavy (non-hydrogen) atoms. The normalized spacial score (nSPS) is 17.4. The molecule has 1 saturated heterocycles. The Morgan fingerprint density at radius 2 is 1.79 bits per heavy atom. The number of anilines is 1. The average molecular weight is 453 g/mol. The number of hydrogen-bond acceptors (Lipinski definition) is 5. The molecule has 0 saturated carbocycles. The molecule has 6 heteroatoms. The van der Waals surface area contributed by atoms with Crippen molar-refractivity contribution in [3.05, 3.63) is 102 Å². The molecule has 170 valence electrons. The lowest BCUT2D eigenvalue weighted by Gasteiger charge is -2.23. The molecule has 1 aliphatic rings. The molecule has 0 spiro atoms. The van der Waals surface area contributed by atoms with Crippen LogP contribution in [0.25, 0.3) is 16.5 Å². The van der Waals surface area contributed by atoms with Crippen molar-refractivity contribution in [2.24, 2.45) is 0 Å². The molecule has 1 fully saturated rings. The number of aliphatic hydroxyl groups excluding tert-OH is 1. The van der Waals surface area contributed by atoms with E-state index in [1.54, 1.807) is 48.5 Å². The maximum atomic E-state index is 13.2. The number of amides is 1. The summed E-state index contributed by atoms with van der Waals surface area (Å²) in [6, 6.07) is 22.6. The van der Waals surface area contributed by atoms with Gasteiger partial charge in [0.05, 0.1) is 18.4 Å². The molecule has 1 aromatic heterocycles. The molecule has 0 bridgehead atoms. The highest BCUT2D eigenvalue weighted by atomic mass is 16.5. The van der Waals surface area contributed by atoms with E-state index < -0.39 is 17.7 Å². The van der Waals surface area contributed by atoms with Gasteiger partial charge in [-0.1, -0.05) is 49.4 Å². The highest BCUT2D eigenvalue weighted by molar-refractivity contribution is 6.51. The minimum atomic E-state index is -0.914. The van der Waals surface area contributed by atoms with Crippen molar-refractivity contribution in [2.45, 2.75) is 19.4 Å². The zero-order chi connectivity index (χ0) is 23.7. The predicted octanol–water partition coefficient (Wildman–Crippen LogP) is 5.85. The summed E-state index contributed by atoms with van der Waals surface area (Å²) in [5.41, 5.74) is 0.915. The van der Waals surface area contributed by atoms with Crippen LogP contribution in [0.2, 0.25) is 0 Å². The van der Waals surface area contributed by atoms with Crippen molar-refractivity contribution in [1.82, 2.24) is 0 Å². The van der Waals surface area contributed by atoms with Crippen molar-refractivity contribution in [1.29, 1.82) is 0 Å². The zero-order valence-electron chi connectivity index (χ0n) is 18.6. The van der Waals surface area contributed by atoms with Crippen LogP contribution in [0.15, 0.2) is 95.1 Å². The van der Waals surface area contributed by atoms with E-state index in [4.69, 9.17) is 9.15 Å². The van der Waals surface area contributed by atoms with Gasteiger partial charge in [-0.3, -0.25) is 14.5 Å². The first kappa shape index (κ1) is 21.5. The number of hydrogen-bond donors (Lipinski definition) is 1. The zero-order valence-corrected chi connectivity index (χ0v) is 18.6. The Hall–Kier alpha value is -4.32. The maximum absolute atomic E-state index is 13.2. The van der Waals surface area contributed by atoms with Crippen LogP contribution in [-0.4, -0.2) is 23.4 Å². The molecular formula is C28H23NO5. The monoisotopic (exact) mass is 453 g/mol. The van der Waals surface area contributed by atoms with Crippen molar-refractivity contribution >= 4 is 33.9 Å². The lowest BCUT2D eigenvalue weighted by Crippen LogP contribution is -2.29. The third kappa shape index (κ3) is 3.73. The minimum absolute atomic E-state index is 0.0184. The van der Waals surface area contributed by atoms with Gasteiger partial charge in [-0.05, 0) is 47.5 Å². The van der Waals surface area contributed by atoms with E-state index in [1.807, 2.05) is 37.3 Å². The fraction of sp³-hybridized carbons (Fsp3) is 0.143. The summed E-state index contributed by atoms with van der Waals surface area (Å²) in [5.74, 6) is -0.787. The number of ether oxygens (including phenoxy) is 1. The van der Waals surface area contributed by atoms with E-state index in [2.05, 4.69) is 0 Å². The van der Waals surface area contributed by atoms with Crippen LogP contribution >= 0.6 is 0 Å². The Morgan fingerprint density at radius 3 is 2.56 bits per heavy atom. The number of furan rings is 1. The van der Waals surface area contributed by atoms with Gasteiger partial charge in [0.2, 0.25) is 0 Å². The third-order valence-corrected chi connectivity index (χ3v) is 5.85. The fourth-order valence-electron chi connectivity index (χ4n) is 4.25. The molecule has 1 amide bonds. The fourth-order valence-corrected chi connectivity index (χ4v) is 4.25. The Bertz CT molecular complexity index is 1400. The number of carbonyl (C=O) groups is 2. The summed E-state index contributed by atoms with van der Waals surface area (Å²) in [6.45, 7) is 2.54. The molecule has 2 heterocycles. The maximum Gasteiger partial charge on any atom is 0.300 e. The van der Waals surface area contributed by atoms with Gasteiger partial charge in [0.1, 0.15) is 23.3 Å². The number of fused-ring (bicyclic) bond motifs is 1. The number of carbonyl (C=O) groups excluding carboxylic acids is 2. The van der Waals surface area contributed by atoms with E-state index in [0.29, 0.717) is 29.4 Å². The Labute approximate surface area is 196 Å². The number of rotatable bonds is 6. The van der Waals surface area contributed by atoms with E-state index in [0.717, 1.165) is 17.2 Å². The molecule has 6 nitrogen and oxygen atoms in total. The molecule has 0 aliphatic carbocycles. The van der Waals surface area contributed by atoms with Gasteiger partial charge in [0.25, 0.3) is 11.7 Å². The van der Waals surface area contributed by atoms with Crippen LogP contribution in [0.1, 0.15) is 30.7 Å². The van der Waals surface area contributed by atoms with Crippen LogP contribution in [-0.2, 0) is 9.59 Å². The topological polar surface area (TPSA) is 80.0 Å². The highest BCUT2D eigenvalue weighted by Gasteiger charge is 2.48. The van der Waals surface area contributed by atoms with Crippen LogP contribution in [0.5, 0.6) is 5.75 Å². The van der Waals surface area contributed by atoms with Crippen LogP contribution in [0.4, 0.5) is 5.69 Å². The first-order valence-electron chi connectivity index (χ1n) is 11.1. The second kappa shape index (κ2) is 8.90. The summed E-state index contributed by atoms with van der Waals surface area (Å²) in [5, 5.41) is 13.2. The third-order valence-electron chi connectivity index (χ3n) is 5.85. The number of aliphatic hydroxyl groups is 1. The number of ketones is 1. The van der Waals surface area contributed by atoms with Crippen LogP contribution < -0.4 is 9.64 Å². The smallest absolute Gasteiger partial charge is 0.300 e. The number of benzene rings is 3. The van der Waals surface area contributed by atoms with E-state index in [-0.39, 0.29) is 11.3 Å². The Morgan fingerprint density at radius 1 is 0.971 bits per heavy atom. The van der Waals surface area contributed by atoms with E-state index in [1.165, 1.54) is 11.2 Å². The van der Waals surface area contributed by atoms with Crippen molar-refractivity contribution in [3.63, 3.8) is 0 Å². The summed E-state index contributed by atoms with van der Waals surface area (Å²) in [4.78, 5) is 27.8. The molecule has 4 aromatic rings. The molecule has 1 unspecified atom stereocenters. The second-order valence-corrected chi connectivity index (χ2v) is 8.09. The Kier molecular flexibility index (Phi) is 5.64. The quantitative estimate of drug-likeness (QED) is 0.225. The van der Waals surface area contributed by atoms with Gasteiger partial charge in [-0.25, -0.2) is 0 Å². The summed E-state index contributed by atoms with van der Waals surface area (Å²) >= 11 is 0. The van der Waals surface area contributed by atoms with Gasteiger partial charge in [-0.15, -0.1) is 0 Å². The number of nitrogens with zero attached hydrogens (tertiary/aromatic N) is 1. The largest absolute Gasteiger partial charge is 0.507 e. The van der Waals surface area contributed by atoms with Gasteiger partial charge in [0, 0.05) is 17.3 Å². The predicted molar refractivity (Wildman–Crippen MR) is 130 cm³/mol. The standard InChI is InChI=1S/C28H23NO5/c1-2-14-33-22-10-5-9-21(17-22)29-25(23-11-6-15-34-23)24(27(31)28(29)32)26(30)20-13-12-18-7-3-4-8-19(18)16-20/h3-13,15-17,25,30H,2,14H2,1H3/b26-24-. The van der Waals surface area contributed by atoms with Crippen LogP contribution in [0.3, 0.4) is 0 Å². The van der Waals surface area contributed by atoms with Gasteiger partial charge in [-0.2, -0.15) is 0 Å². The molecule has 1 N–H and O–H groups in total. The Balaban J connectivity index is 1.65. The van der Waals surface area contributed by atoms with E-state index in [9.17, 15) is 14.7 Å². The van der Waals surface area contributed by atoms with Crippen LogP contribution in [0, 0.1) is 0 Å². The van der Waals surface area contributed by atoms with Gasteiger partial charge < -0.3 is 14.3 Å². The molecular weight excluding hydrogens is 430 g/mol.